The summed E-state index contributed by atoms with van der Waals surface area (Å²) in [7, 11) is 0. The summed E-state index contributed by atoms with van der Waals surface area (Å²) in [6.45, 7) is 10.9. The Bertz CT molecular complexity index is 97.1. The highest BCUT2D eigenvalue weighted by Gasteiger charge is 2.04. The monoisotopic (exact) mass is 128 g/mol. The van der Waals surface area contributed by atoms with Gasteiger partial charge in [-0.25, -0.2) is 0 Å². The second kappa shape index (κ2) is 3.38. The minimum absolute atomic E-state index is 0.465. The summed E-state index contributed by atoms with van der Waals surface area (Å²) in [4.78, 5) is 2.04. The highest BCUT2D eigenvalue weighted by Crippen LogP contribution is 2.00. The molecule has 9 heavy (non-hydrogen) atoms. The zero-order chi connectivity index (χ0) is 7.44. The zero-order valence-corrected chi connectivity index (χ0v) is 6.52. The Hall–Kier alpha value is -0.660. The molecule has 0 aromatic carbocycles. The van der Waals surface area contributed by atoms with E-state index in [1.165, 1.54) is 0 Å². The summed E-state index contributed by atoms with van der Waals surface area (Å²) in [5.41, 5.74) is 5.48. The van der Waals surface area contributed by atoms with Crippen LogP contribution in [-0.4, -0.2) is 17.5 Å². The van der Waals surface area contributed by atoms with Gasteiger partial charge in [-0.3, -0.25) is 0 Å². The van der Waals surface area contributed by atoms with Gasteiger partial charge in [0.1, 0.15) is 0 Å². The Morgan fingerprint density at radius 3 is 2.11 bits per heavy atom. The van der Waals surface area contributed by atoms with Crippen molar-refractivity contribution in [1.82, 2.24) is 4.90 Å². The van der Waals surface area contributed by atoms with Gasteiger partial charge in [-0.05, 0) is 20.8 Å². The van der Waals surface area contributed by atoms with Crippen LogP contribution in [0, 0.1) is 0 Å². The standard InChI is InChI=1S/C7H16N2/c1-5-9(6(2)3)7(4)8/h6H,4-5,8H2,1-3H3. The molecule has 0 aliphatic rings. The van der Waals surface area contributed by atoms with Crippen LogP contribution < -0.4 is 5.73 Å². The maximum absolute atomic E-state index is 5.48. The van der Waals surface area contributed by atoms with Gasteiger partial charge in [0.05, 0.1) is 5.82 Å². The molecular formula is C7H16N2. The maximum Gasteiger partial charge on any atom is 0.0914 e. The number of nitrogens with zero attached hydrogens (tertiary/aromatic N) is 1. The lowest BCUT2D eigenvalue weighted by Crippen LogP contribution is -2.32. The topological polar surface area (TPSA) is 29.3 Å². The lowest BCUT2D eigenvalue weighted by atomic mass is 10.3. The molecule has 0 aliphatic heterocycles. The number of rotatable bonds is 3. The highest BCUT2D eigenvalue weighted by molar-refractivity contribution is 4.87. The molecule has 0 saturated carbocycles. The third-order valence-corrected chi connectivity index (χ3v) is 1.33. The molecule has 0 saturated heterocycles. The van der Waals surface area contributed by atoms with E-state index in [1.54, 1.807) is 0 Å². The first-order valence-electron chi connectivity index (χ1n) is 3.30. The molecule has 0 radical (unpaired) electrons. The minimum Gasteiger partial charge on any atom is -0.386 e. The number of nitrogens with two attached hydrogens (primary N) is 1. The SMILES string of the molecule is C=C(N)N(CC)C(C)C. The number of hydrogen-bond donors (Lipinski definition) is 1. The van der Waals surface area contributed by atoms with Crippen LogP contribution in [0.1, 0.15) is 20.8 Å². The Kier molecular flexibility index (Phi) is 3.13. The molecule has 0 bridgehead atoms. The molecule has 0 aromatic rings. The second-order valence-corrected chi connectivity index (χ2v) is 2.37. The van der Waals surface area contributed by atoms with E-state index < -0.39 is 0 Å². The Labute approximate surface area is 57.3 Å². The van der Waals surface area contributed by atoms with Gasteiger partial charge in [0.2, 0.25) is 0 Å². The summed E-state index contributed by atoms with van der Waals surface area (Å²) in [6.07, 6.45) is 0. The van der Waals surface area contributed by atoms with Crippen LogP contribution >= 0.6 is 0 Å². The fourth-order valence-corrected chi connectivity index (χ4v) is 0.900. The minimum atomic E-state index is 0.465. The molecule has 2 N–H and O–H groups in total. The maximum atomic E-state index is 5.48. The predicted molar refractivity (Wildman–Crippen MR) is 40.8 cm³/mol. The molecule has 0 fully saturated rings. The largest absolute Gasteiger partial charge is 0.386 e. The summed E-state index contributed by atoms with van der Waals surface area (Å²) in [6, 6.07) is 0.465. The molecule has 2 heteroatoms. The molecule has 0 aliphatic carbocycles. The van der Waals surface area contributed by atoms with Crippen LogP contribution in [0.2, 0.25) is 0 Å². The van der Waals surface area contributed by atoms with Crippen molar-refractivity contribution in [2.75, 3.05) is 6.54 Å². The van der Waals surface area contributed by atoms with Crippen LogP contribution in [0.5, 0.6) is 0 Å². The van der Waals surface area contributed by atoms with E-state index in [1.807, 2.05) is 4.90 Å². The van der Waals surface area contributed by atoms with E-state index in [0.717, 1.165) is 6.54 Å². The van der Waals surface area contributed by atoms with E-state index in [9.17, 15) is 0 Å². The van der Waals surface area contributed by atoms with Gasteiger partial charge >= 0.3 is 0 Å². The fourth-order valence-electron chi connectivity index (χ4n) is 0.900. The fraction of sp³-hybridized carbons (Fsp3) is 0.714. The van der Waals surface area contributed by atoms with E-state index in [4.69, 9.17) is 5.73 Å². The molecule has 0 atom stereocenters. The van der Waals surface area contributed by atoms with Gasteiger partial charge in [0, 0.05) is 12.6 Å². The third kappa shape index (κ3) is 2.40. The van der Waals surface area contributed by atoms with Gasteiger partial charge in [0.15, 0.2) is 0 Å². The predicted octanol–water partition coefficient (Wildman–Crippen LogP) is 1.15. The van der Waals surface area contributed by atoms with Crippen LogP contribution in [-0.2, 0) is 0 Å². The first-order chi connectivity index (χ1) is 4.09. The van der Waals surface area contributed by atoms with Crippen molar-refractivity contribution in [2.24, 2.45) is 5.73 Å². The molecular weight excluding hydrogens is 112 g/mol. The summed E-state index contributed by atoms with van der Waals surface area (Å²) < 4.78 is 0. The van der Waals surface area contributed by atoms with Crippen molar-refractivity contribution in [3.63, 3.8) is 0 Å². The van der Waals surface area contributed by atoms with Crippen molar-refractivity contribution in [2.45, 2.75) is 26.8 Å². The van der Waals surface area contributed by atoms with Gasteiger partial charge in [-0.2, -0.15) is 0 Å². The summed E-state index contributed by atoms with van der Waals surface area (Å²) >= 11 is 0. The third-order valence-electron chi connectivity index (χ3n) is 1.33. The van der Waals surface area contributed by atoms with Gasteiger partial charge < -0.3 is 10.6 Å². The van der Waals surface area contributed by atoms with E-state index >= 15 is 0 Å². The second-order valence-electron chi connectivity index (χ2n) is 2.37. The smallest absolute Gasteiger partial charge is 0.0914 e. The van der Waals surface area contributed by atoms with E-state index in [0.29, 0.717) is 11.9 Å². The lowest BCUT2D eigenvalue weighted by Gasteiger charge is -2.26. The van der Waals surface area contributed by atoms with Crippen molar-refractivity contribution in [3.05, 3.63) is 12.4 Å². The molecule has 0 unspecified atom stereocenters. The van der Waals surface area contributed by atoms with Gasteiger partial charge in [-0.1, -0.05) is 6.58 Å². The summed E-state index contributed by atoms with van der Waals surface area (Å²) in [5, 5.41) is 0. The van der Waals surface area contributed by atoms with Gasteiger partial charge in [-0.15, -0.1) is 0 Å². The first kappa shape index (κ1) is 8.34. The van der Waals surface area contributed by atoms with Gasteiger partial charge in [0.25, 0.3) is 0 Å². The average molecular weight is 128 g/mol. The van der Waals surface area contributed by atoms with Crippen molar-refractivity contribution in [3.8, 4) is 0 Å². The molecule has 0 aromatic heterocycles. The van der Waals surface area contributed by atoms with Crippen LogP contribution in [0.15, 0.2) is 12.4 Å². The Morgan fingerprint density at radius 1 is 1.67 bits per heavy atom. The molecule has 54 valence electrons. The van der Waals surface area contributed by atoms with Crippen molar-refractivity contribution >= 4 is 0 Å². The van der Waals surface area contributed by atoms with Crippen LogP contribution in [0.4, 0.5) is 0 Å². The molecule has 0 amide bonds. The van der Waals surface area contributed by atoms with E-state index in [2.05, 4.69) is 27.4 Å². The Balaban J connectivity index is 3.83. The highest BCUT2D eigenvalue weighted by atomic mass is 15.2. The van der Waals surface area contributed by atoms with E-state index in [-0.39, 0.29) is 0 Å². The number of hydrogen-bond acceptors (Lipinski definition) is 2. The molecule has 0 rings (SSSR count). The van der Waals surface area contributed by atoms with Crippen molar-refractivity contribution in [1.29, 1.82) is 0 Å². The molecule has 2 nitrogen and oxygen atoms in total. The molecule has 0 spiro atoms. The quantitative estimate of drug-likeness (QED) is 0.617. The van der Waals surface area contributed by atoms with Crippen LogP contribution in [0.25, 0.3) is 0 Å². The molecule has 0 heterocycles. The normalized spacial score (nSPS) is 9.78. The van der Waals surface area contributed by atoms with Crippen molar-refractivity contribution < 1.29 is 0 Å². The first-order valence-corrected chi connectivity index (χ1v) is 3.30. The van der Waals surface area contributed by atoms with Crippen LogP contribution in [0.3, 0.4) is 0 Å². The lowest BCUT2D eigenvalue weighted by molar-refractivity contribution is 0.296. The Morgan fingerprint density at radius 2 is 2.11 bits per heavy atom. The average Bonchev–Trinajstić information content (AvgIpc) is 1.64. The zero-order valence-electron chi connectivity index (χ0n) is 6.52. The summed E-state index contributed by atoms with van der Waals surface area (Å²) in [5.74, 6) is 0.660.